The van der Waals surface area contributed by atoms with Gasteiger partial charge in [-0.15, -0.1) is 0 Å². The van der Waals surface area contributed by atoms with E-state index in [2.05, 4.69) is 11.9 Å². The zero-order valence-electron chi connectivity index (χ0n) is 7.50. The Morgan fingerprint density at radius 3 is 2.85 bits per heavy atom. The molecule has 1 fully saturated rings. The first-order valence-electron chi connectivity index (χ1n) is 4.44. The number of hydrogen-bond acceptors (Lipinski definition) is 2. The van der Waals surface area contributed by atoms with E-state index < -0.39 is 11.5 Å². The van der Waals surface area contributed by atoms with E-state index in [9.17, 15) is 9.50 Å². The van der Waals surface area contributed by atoms with Gasteiger partial charge in [0.2, 0.25) is 5.95 Å². The van der Waals surface area contributed by atoms with Crippen LogP contribution in [0.2, 0.25) is 0 Å². The minimum Gasteiger partial charge on any atom is -0.385 e. The van der Waals surface area contributed by atoms with Crippen LogP contribution in [0.15, 0.2) is 18.3 Å². The Morgan fingerprint density at radius 2 is 2.31 bits per heavy atom. The van der Waals surface area contributed by atoms with Gasteiger partial charge >= 0.3 is 0 Å². The largest absolute Gasteiger partial charge is 0.385 e. The summed E-state index contributed by atoms with van der Waals surface area (Å²) >= 11 is 0. The standard InChI is InChI=1S/C10H12FNO/c1-7-5-10(13,6-7)8-2-3-12-9(11)4-8/h2-4,7,13H,5-6H2,1H3. The SMILES string of the molecule is CC1CC(O)(c2ccnc(F)c2)C1. The van der Waals surface area contributed by atoms with E-state index in [1.54, 1.807) is 6.07 Å². The van der Waals surface area contributed by atoms with E-state index in [0.717, 1.165) is 12.8 Å². The fourth-order valence-corrected chi connectivity index (χ4v) is 2.02. The van der Waals surface area contributed by atoms with Crippen molar-refractivity contribution in [3.05, 3.63) is 29.8 Å². The second-order valence-corrected chi connectivity index (χ2v) is 3.91. The van der Waals surface area contributed by atoms with E-state index in [1.807, 2.05) is 0 Å². The summed E-state index contributed by atoms with van der Waals surface area (Å²) in [6.07, 6.45) is 2.83. The van der Waals surface area contributed by atoms with Gasteiger partial charge in [0.1, 0.15) is 0 Å². The Morgan fingerprint density at radius 1 is 1.62 bits per heavy atom. The molecule has 2 rings (SSSR count). The molecule has 0 aromatic carbocycles. The second kappa shape index (κ2) is 2.77. The summed E-state index contributed by atoms with van der Waals surface area (Å²) in [7, 11) is 0. The highest BCUT2D eigenvalue weighted by atomic mass is 19.1. The van der Waals surface area contributed by atoms with Gasteiger partial charge in [0.25, 0.3) is 0 Å². The Kier molecular flexibility index (Phi) is 1.84. The van der Waals surface area contributed by atoms with Gasteiger partial charge in [0.05, 0.1) is 5.60 Å². The van der Waals surface area contributed by atoms with E-state index in [0.29, 0.717) is 11.5 Å². The van der Waals surface area contributed by atoms with E-state index in [4.69, 9.17) is 0 Å². The molecule has 3 heteroatoms. The molecule has 0 saturated heterocycles. The lowest BCUT2D eigenvalue weighted by atomic mass is 9.68. The van der Waals surface area contributed by atoms with Crippen LogP contribution in [0.3, 0.4) is 0 Å². The fraction of sp³-hybridized carbons (Fsp3) is 0.500. The number of aliphatic hydroxyl groups is 1. The minimum absolute atomic E-state index is 0.523. The third kappa shape index (κ3) is 1.44. The quantitative estimate of drug-likeness (QED) is 0.670. The highest BCUT2D eigenvalue weighted by Crippen LogP contribution is 2.45. The van der Waals surface area contributed by atoms with Crippen molar-refractivity contribution in [2.75, 3.05) is 0 Å². The van der Waals surface area contributed by atoms with Crippen LogP contribution in [0.25, 0.3) is 0 Å². The van der Waals surface area contributed by atoms with Gasteiger partial charge in [-0.25, -0.2) is 4.98 Å². The van der Waals surface area contributed by atoms with Gasteiger partial charge in [0, 0.05) is 6.20 Å². The zero-order chi connectivity index (χ0) is 9.47. The smallest absolute Gasteiger partial charge is 0.213 e. The van der Waals surface area contributed by atoms with Crippen molar-refractivity contribution in [2.24, 2.45) is 5.92 Å². The highest BCUT2D eigenvalue weighted by molar-refractivity contribution is 5.22. The average Bonchev–Trinajstić information content (AvgIpc) is 2.02. The Labute approximate surface area is 76.4 Å². The van der Waals surface area contributed by atoms with Crippen molar-refractivity contribution in [3.63, 3.8) is 0 Å². The molecule has 0 bridgehead atoms. The first-order valence-corrected chi connectivity index (χ1v) is 4.44. The molecule has 0 aliphatic heterocycles. The van der Waals surface area contributed by atoms with Crippen molar-refractivity contribution in [2.45, 2.75) is 25.4 Å². The van der Waals surface area contributed by atoms with Gasteiger partial charge in [-0.1, -0.05) is 6.92 Å². The minimum atomic E-state index is -0.802. The van der Waals surface area contributed by atoms with Crippen LogP contribution in [0, 0.1) is 11.9 Å². The first kappa shape index (κ1) is 8.63. The molecule has 0 unspecified atom stereocenters. The fourth-order valence-electron chi connectivity index (χ4n) is 2.02. The Bertz CT molecular complexity index is 320. The number of rotatable bonds is 1. The molecule has 2 nitrogen and oxygen atoms in total. The maximum atomic E-state index is 12.7. The second-order valence-electron chi connectivity index (χ2n) is 3.91. The maximum absolute atomic E-state index is 12.7. The van der Waals surface area contributed by atoms with Crippen molar-refractivity contribution in [1.29, 1.82) is 0 Å². The summed E-state index contributed by atoms with van der Waals surface area (Å²) in [6, 6.07) is 2.99. The molecule has 1 aliphatic rings. The van der Waals surface area contributed by atoms with E-state index >= 15 is 0 Å². The molecule has 1 saturated carbocycles. The summed E-state index contributed by atoms with van der Waals surface area (Å²) in [6.45, 7) is 2.08. The van der Waals surface area contributed by atoms with Crippen LogP contribution >= 0.6 is 0 Å². The van der Waals surface area contributed by atoms with Crippen LogP contribution in [0.1, 0.15) is 25.3 Å². The summed E-state index contributed by atoms with van der Waals surface area (Å²) < 4.78 is 12.7. The number of nitrogens with zero attached hydrogens (tertiary/aromatic N) is 1. The highest BCUT2D eigenvalue weighted by Gasteiger charge is 2.41. The van der Waals surface area contributed by atoms with Crippen molar-refractivity contribution in [1.82, 2.24) is 4.98 Å². The predicted molar refractivity (Wildman–Crippen MR) is 46.5 cm³/mol. The molecule has 0 atom stereocenters. The van der Waals surface area contributed by atoms with Crippen molar-refractivity contribution < 1.29 is 9.50 Å². The molecule has 0 amide bonds. The normalized spacial score (nSPS) is 32.7. The summed E-state index contributed by atoms with van der Waals surface area (Å²) in [5, 5.41) is 9.98. The summed E-state index contributed by atoms with van der Waals surface area (Å²) in [5.41, 5.74) is -0.151. The van der Waals surface area contributed by atoms with Crippen LogP contribution in [-0.4, -0.2) is 10.1 Å². The van der Waals surface area contributed by atoms with E-state index in [1.165, 1.54) is 12.3 Å². The lowest BCUT2D eigenvalue weighted by molar-refractivity contribution is -0.0741. The van der Waals surface area contributed by atoms with Crippen LogP contribution in [0.4, 0.5) is 4.39 Å². The molecular formula is C10H12FNO. The number of halogens is 1. The molecule has 1 aliphatic carbocycles. The third-order valence-electron chi connectivity index (χ3n) is 2.64. The lowest BCUT2D eigenvalue weighted by Crippen LogP contribution is -2.39. The van der Waals surface area contributed by atoms with Gasteiger partial charge in [-0.05, 0) is 36.5 Å². The van der Waals surface area contributed by atoms with Gasteiger partial charge in [-0.3, -0.25) is 0 Å². The van der Waals surface area contributed by atoms with Crippen LogP contribution in [0.5, 0.6) is 0 Å². The topological polar surface area (TPSA) is 33.1 Å². The summed E-state index contributed by atoms with van der Waals surface area (Å²) in [5.74, 6) is 0.00621. The van der Waals surface area contributed by atoms with E-state index in [-0.39, 0.29) is 0 Å². The summed E-state index contributed by atoms with van der Waals surface area (Å²) in [4.78, 5) is 3.45. The molecule has 13 heavy (non-hydrogen) atoms. The average molecular weight is 181 g/mol. The predicted octanol–water partition coefficient (Wildman–Crippen LogP) is 1.84. The Hall–Kier alpha value is -0.960. The molecule has 1 aromatic heterocycles. The molecule has 0 spiro atoms. The van der Waals surface area contributed by atoms with Crippen LogP contribution in [-0.2, 0) is 5.60 Å². The molecular weight excluding hydrogens is 169 g/mol. The maximum Gasteiger partial charge on any atom is 0.213 e. The van der Waals surface area contributed by atoms with Gasteiger partial charge in [-0.2, -0.15) is 4.39 Å². The molecule has 1 N–H and O–H groups in total. The molecule has 70 valence electrons. The lowest BCUT2D eigenvalue weighted by Gasteiger charge is -2.42. The zero-order valence-corrected chi connectivity index (χ0v) is 7.50. The number of pyridine rings is 1. The number of aromatic nitrogens is 1. The number of hydrogen-bond donors (Lipinski definition) is 1. The molecule has 0 radical (unpaired) electrons. The first-order chi connectivity index (χ1) is 6.10. The van der Waals surface area contributed by atoms with Gasteiger partial charge in [0.15, 0.2) is 0 Å². The van der Waals surface area contributed by atoms with Crippen molar-refractivity contribution >= 4 is 0 Å². The van der Waals surface area contributed by atoms with Gasteiger partial charge < -0.3 is 5.11 Å². The molecule has 1 heterocycles. The van der Waals surface area contributed by atoms with Crippen molar-refractivity contribution in [3.8, 4) is 0 Å². The molecule has 1 aromatic rings. The Balaban J connectivity index is 2.26. The van der Waals surface area contributed by atoms with Crippen LogP contribution < -0.4 is 0 Å². The third-order valence-corrected chi connectivity index (χ3v) is 2.64. The monoisotopic (exact) mass is 181 g/mol.